The molecule has 25 rings (SSSR count). The van der Waals surface area contributed by atoms with E-state index in [0.717, 1.165) is 11.8 Å². The molecular weight excluding hydrogens is 1290 g/mol. The van der Waals surface area contributed by atoms with Crippen molar-refractivity contribution >= 4 is 149 Å². The molecule has 2 saturated heterocycles. The second kappa shape index (κ2) is 22.9. The van der Waals surface area contributed by atoms with Gasteiger partial charge in [0.15, 0.2) is 0 Å². The monoisotopic (exact) mass is 1360 g/mol. The quantitative estimate of drug-likeness (QED) is 0.0810. The minimum atomic E-state index is -0.196. The lowest BCUT2D eigenvalue weighted by Gasteiger charge is -2.58. The summed E-state index contributed by atoms with van der Waals surface area (Å²) in [4.78, 5) is 8.54. The molecule has 4 heteroatoms. The molecule has 4 bridgehead atoms. The van der Waals surface area contributed by atoms with E-state index in [1.165, 1.54) is 241 Å². The molecule has 0 amide bonds. The van der Waals surface area contributed by atoms with Gasteiger partial charge >= 0.3 is 0 Å². The zero-order valence-electron chi connectivity index (χ0n) is 59.1. The van der Waals surface area contributed by atoms with Crippen molar-refractivity contribution in [2.75, 3.05) is 14.7 Å². The fourth-order valence-electron chi connectivity index (χ4n) is 21.7. The summed E-state index contributed by atoms with van der Waals surface area (Å²) in [5.41, 5.74) is 26.6. The van der Waals surface area contributed by atoms with Crippen LogP contribution in [-0.2, 0) is 0 Å². The summed E-state index contributed by atoms with van der Waals surface area (Å²) in [6, 6.07) is 132. The van der Waals surface area contributed by atoms with E-state index in [-0.39, 0.29) is 6.71 Å². The summed E-state index contributed by atoms with van der Waals surface area (Å²) >= 11 is 0. The lowest BCUT2D eigenvalue weighted by Crippen LogP contribution is -2.62. The molecule has 0 aromatic heterocycles. The Morgan fingerprint density at radius 1 is 0.234 bits per heavy atom. The van der Waals surface area contributed by atoms with Crippen molar-refractivity contribution in [1.82, 2.24) is 0 Å². The Bertz CT molecular complexity index is 6270. The number of benzene rings is 19. The summed E-state index contributed by atoms with van der Waals surface area (Å²) in [5.74, 6) is 1.54. The fraction of sp³-hybridized carbons (Fsp3) is 0.0874. The predicted molar refractivity (Wildman–Crippen MR) is 456 cm³/mol. The third-order valence-corrected chi connectivity index (χ3v) is 25.8. The minimum Gasteiger partial charge on any atom is -0.365 e. The average molecular weight is 1360 g/mol. The highest BCUT2D eigenvalue weighted by atomic mass is 15.2. The first-order valence-corrected chi connectivity index (χ1v) is 38.6. The first-order chi connectivity index (χ1) is 53.1. The Morgan fingerprint density at radius 2 is 0.561 bits per heavy atom. The van der Waals surface area contributed by atoms with Crippen molar-refractivity contribution in [3.05, 3.63) is 340 Å². The molecule has 0 radical (unpaired) electrons. The van der Waals surface area contributed by atoms with Gasteiger partial charge < -0.3 is 14.7 Å². The third-order valence-electron chi connectivity index (χ3n) is 25.8. The number of piperidine rings is 2. The van der Waals surface area contributed by atoms with Crippen molar-refractivity contribution in [3.8, 4) is 66.8 Å². The van der Waals surface area contributed by atoms with Gasteiger partial charge in [-0.15, -0.1) is 0 Å². The Labute approximate surface area is 622 Å². The minimum absolute atomic E-state index is 0.196. The maximum atomic E-state index is 2.97. The molecule has 19 aromatic carbocycles. The number of nitrogens with zero attached hydrogens (tertiary/aromatic N) is 3. The molecular formula is C103H70BN3. The smallest absolute Gasteiger partial charge is 0.252 e. The third kappa shape index (κ3) is 8.67. The van der Waals surface area contributed by atoms with Gasteiger partial charge in [0.25, 0.3) is 6.71 Å². The molecule has 2 aliphatic carbocycles. The van der Waals surface area contributed by atoms with E-state index in [1.54, 1.807) is 0 Å². The topological polar surface area (TPSA) is 9.72 Å². The van der Waals surface area contributed by atoms with Crippen molar-refractivity contribution in [2.45, 2.75) is 44.2 Å². The van der Waals surface area contributed by atoms with E-state index >= 15 is 0 Å². The SMILES string of the molecule is c1ccc(-c2cccc(-c3ccccc3)c2N2c3cc(-c4ccc5c6cccc7cccc(c8cccc4c85)c76)ccc3B3c4ccc(-c5ccc6c7cccc8cccc(c9cccc5c96)c87)cc4N(c4c(-c5ccccc5)cccc4-c4ccccc4)c4cc(N5C6CC7CC(C6)CC5C7)cc2c43)cc1. The van der Waals surface area contributed by atoms with Crippen LogP contribution >= 0.6 is 0 Å². The van der Waals surface area contributed by atoms with Gasteiger partial charge in [0, 0.05) is 62.8 Å². The Kier molecular flexibility index (Phi) is 12.7. The van der Waals surface area contributed by atoms with Gasteiger partial charge in [-0.3, -0.25) is 0 Å². The summed E-state index contributed by atoms with van der Waals surface area (Å²) in [6.07, 6.45) is 6.33. The van der Waals surface area contributed by atoms with Crippen LogP contribution in [0.25, 0.3) is 153 Å². The van der Waals surface area contributed by atoms with Crippen LogP contribution in [0.5, 0.6) is 0 Å². The molecule has 3 nitrogen and oxygen atoms in total. The zero-order valence-corrected chi connectivity index (χ0v) is 59.1. The number of para-hydroxylation sites is 2. The summed E-state index contributed by atoms with van der Waals surface area (Å²) < 4.78 is 0. The highest BCUT2D eigenvalue weighted by Gasteiger charge is 2.50. The van der Waals surface area contributed by atoms with Crippen LogP contribution < -0.4 is 31.1 Å². The van der Waals surface area contributed by atoms with Crippen molar-refractivity contribution in [3.63, 3.8) is 0 Å². The van der Waals surface area contributed by atoms with E-state index in [4.69, 9.17) is 0 Å². The molecule has 4 heterocycles. The van der Waals surface area contributed by atoms with Gasteiger partial charge in [-0.25, -0.2) is 0 Å². The number of rotatable bonds is 9. The van der Waals surface area contributed by atoms with E-state index in [1.807, 2.05) is 0 Å². The molecule has 2 saturated carbocycles. The van der Waals surface area contributed by atoms with Gasteiger partial charge in [0.2, 0.25) is 0 Å². The molecule has 19 aromatic rings. The fourth-order valence-corrected chi connectivity index (χ4v) is 21.7. The number of fused-ring (bicyclic) bond motifs is 8. The van der Waals surface area contributed by atoms with Crippen LogP contribution in [0.1, 0.15) is 32.1 Å². The highest BCUT2D eigenvalue weighted by Crippen LogP contribution is 2.58. The standard InChI is InChI=1S/C103H70BN3/c1-5-21-64(22-6-1)77-33-17-34-78(65-23-7-2-8-24-65)102(77)106-93-58-70(75-47-49-89-85-39-15-31-68-29-13-37-83(97(68)85)87-43-19-41-81(75)99(87)89)45-51-91(93)104-92-52-46-71(76-48-50-90-86-40-16-32-69-30-14-38-84(98(69)86)88-44-20-42-82(76)100(88)90)59-94(92)107(103-79(66-25-9-3-10-26-66)35-18-36-80(103)67-27-11-4-12-28-67)96-61-74(60-95(106)101(96)104)105-72-54-62-53-63(56-72)57-73(105)55-62/h1-52,58-63,72-73H,53-57H2. The van der Waals surface area contributed by atoms with E-state index in [2.05, 4.69) is 354 Å². The maximum absolute atomic E-state index is 2.97. The van der Waals surface area contributed by atoms with Gasteiger partial charge in [-0.05, 0) is 215 Å². The number of anilines is 7. The molecule has 0 atom stereocenters. The summed E-state index contributed by atoms with van der Waals surface area (Å²) in [7, 11) is 0. The Balaban J connectivity index is 0.842. The molecule has 6 aliphatic rings. The largest absolute Gasteiger partial charge is 0.365 e. The van der Waals surface area contributed by atoms with E-state index < -0.39 is 0 Å². The van der Waals surface area contributed by atoms with Crippen molar-refractivity contribution < 1.29 is 0 Å². The average Bonchev–Trinajstić information content (AvgIpc) is 0.691. The van der Waals surface area contributed by atoms with Gasteiger partial charge in [0.05, 0.1) is 11.4 Å². The van der Waals surface area contributed by atoms with E-state index in [0.29, 0.717) is 12.1 Å². The molecule has 0 N–H and O–H groups in total. The maximum Gasteiger partial charge on any atom is 0.252 e. The lowest BCUT2D eigenvalue weighted by atomic mass is 9.33. The normalized spacial score (nSPS) is 17.1. The summed E-state index contributed by atoms with van der Waals surface area (Å²) in [6.45, 7) is -0.196. The van der Waals surface area contributed by atoms with Crippen LogP contribution in [0.15, 0.2) is 340 Å². The molecule has 4 aliphatic heterocycles. The van der Waals surface area contributed by atoms with Gasteiger partial charge in [-0.1, -0.05) is 315 Å². The number of hydrogen-bond donors (Lipinski definition) is 0. The van der Waals surface area contributed by atoms with Crippen molar-refractivity contribution in [1.29, 1.82) is 0 Å². The van der Waals surface area contributed by atoms with Crippen LogP contribution in [0.2, 0.25) is 0 Å². The lowest BCUT2D eigenvalue weighted by molar-refractivity contribution is 0.0900. The molecule has 0 unspecified atom stereocenters. The first-order valence-electron chi connectivity index (χ1n) is 38.6. The molecule has 0 spiro atoms. The zero-order chi connectivity index (χ0) is 69.7. The van der Waals surface area contributed by atoms with E-state index in [9.17, 15) is 0 Å². The molecule has 107 heavy (non-hydrogen) atoms. The summed E-state index contributed by atoms with van der Waals surface area (Å²) in [5, 5.41) is 20.8. The molecule has 500 valence electrons. The predicted octanol–water partition coefficient (Wildman–Crippen LogP) is 25.6. The van der Waals surface area contributed by atoms with Gasteiger partial charge in [-0.2, -0.15) is 0 Å². The van der Waals surface area contributed by atoms with Crippen LogP contribution in [-0.4, -0.2) is 18.8 Å². The van der Waals surface area contributed by atoms with Gasteiger partial charge in [0.1, 0.15) is 0 Å². The van der Waals surface area contributed by atoms with Crippen LogP contribution in [0.3, 0.4) is 0 Å². The number of hydrogen-bond acceptors (Lipinski definition) is 3. The van der Waals surface area contributed by atoms with Crippen LogP contribution in [0.4, 0.5) is 39.8 Å². The molecule has 4 fully saturated rings. The second-order valence-electron chi connectivity index (χ2n) is 31.2. The first kappa shape index (κ1) is 59.6. The second-order valence-corrected chi connectivity index (χ2v) is 31.2. The van der Waals surface area contributed by atoms with Crippen molar-refractivity contribution in [2.24, 2.45) is 11.8 Å². The van der Waals surface area contributed by atoms with Crippen LogP contribution in [0, 0.1) is 11.8 Å². The Morgan fingerprint density at radius 3 is 0.935 bits per heavy atom. The Hall–Kier alpha value is -12.8. The highest BCUT2D eigenvalue weighted by molar-refractivity contribution is 7.00.